The third kappa shape index (κ3) is 4.19. The summed E-state index contributed by atoms with van der Waals surface area (Å²) < 4.78 is 23.9. The van der Waals surface area contributed by atoms with Crippen LogP contribution in [0.25, 0.3) is 0 Å². The molecule has 0 radical (unpaired) electrons. The third-order valence-corrected chi connectivity index (χ3v) is 9.52. The highest BCUT2D eigenvalue weighted by molar-refractivity contribution is 6.72. The Labute approximate surface area is 203 Å². The summed E-state index contributed by atoms with van der Waals surface area (Å²) in [6.07, 6.45) is 3.48. The van der Waals surface area contributed by atoms with E-state index in [1.807, 2.05) is 6.92 Å². The molecule has 1 N–H and O–H groups in total. The number of amides is 1. The van der Waals surface area contributed by atoms with Gasteiger partial charge in [0.2, 0.25) is 8.41 Å². The van der Waals surface area contributed by atoms with E-state index in [2.05, 4.69) is 16.9 Å². The standard InChI is InChI=1S/C23H30FN5O5Si/c1-5-10-28-19-7-6-17(29(32)33)13-18(19)23(22(28)31)15(2)21(35(3,4)24)20(34-23)8-11-27-14-16(9-12-30)25-26-27/h5-7,13-15,20-21,30H,1,8-12H2,2-4H3/t15-,20+,21-,23+/m1/s1. The van der Waals surface area contributed by atoms with Gasteiger partial charge in [-0.25, -0.2) is 0 Å². The molecule has 1 aromatic heterocycles. The lowest BCUT2D eigenvalue weighted by molar-refractivity contribution is -0.385. The molecule has 2 aliphatic rings. The molecule has 4 atom stereocenters. The molecule has 2 aromatic rings. The van der Waals surface area contributed by atoms with Gasteiger partial charge in [0, 0.05) is 61.5 Å². The molecule has 1 fully saturated rings. The molecule has 35 heavy (non-hydrogen) atoms. The second kappa shape index (κ2) is 9.24. The summed E-state index contributed by atoms with van der Waals surface area (Å²) in [6.45, 7) is 9.31. The largest absolute Gasteiger partial charge is 0.396 e. The van der Waals surface area contributed by atoms with Gasteiger partial charge in [-0.2, -0.15) is 0 Å². The van der Waals surface area contributed by atoms with Crippen molar-refractivity contribution in [2.24, 2.45) is 5.92 Å². The molecule has 3 heterocycles. The van der Waals surface area contributed by atoms with Crippen LogP contribution in [-0.2, 0) is 28.1 Å². The van der Waals surface area contributed by atoms with Gasteiger partial charge in [0.05, 0.1) is 22.4 Å². The number of carbonyl (C=O) groups is 1. The van der Waals surface area contributed by atoms with Crippen LogP contribution >= 0.6 is 0 Å². The van der Waals surface area contributed by atoms with Gasteiger partial charge in [-0.3, -0.25) is 19.6 Å². The molecule has 1 aromatic carbocycles. The number of aryl methyl sites for hydroxylation is 1. The van der Waals surface area contributed by atoms with Gasteiger partial charge in [-0.1, -0.05) is 18.2 Å². The lowest BCUT2D eigenvalue weighted by Gasteiger charge is -2.31. The number of nitro groups is 1. The predicted molar refractivity (Wildman–Crippen MR) is 129 cm³/mol. The van der Waals surface area contributed by atoms with Crippen LogP contribution in [0.1, 0.15) is 24.6 Å². The Morgan fingerprint density at radius 1 is 1.43 bits per heavy atom. The SMILES string of the molecule is C=CCN1C(=O)[C@@]2(O[C@@H](CCn3cc(CCO)nn3)[C@H]([Si](C)(C)F)[C@H]2C)c2cc([N+](=O)[O-])ccc21. The lowest BCUT2D eigenvalue weighted by Crippen LogP contribution is -2.45. The molecule has 1 spiro atoms. The van der Waals surface area contributed by atoms with Gasteiger partial charge in [-0.05, 0) is 25.6 Å². The Morgan fingerprint density at radius 3 is 2.80 bits per heavy atom. The zero-order valence-electron chi connectivity index (χ0n) is 20.1. The van der Waals surface area contributed by atoms with Crippen LogP contribution in [0.3, 0.4) is 0 Å². The minimum absolute atomic E-state index is 0.0386. The Kier molecular flexibility index (Phi) is 6.64. The van der Waals surface area contributed by atoms with Crippen molar-refractivity contribution in [3.05, 3.63) is 58.4 Å². The summed E-state index contributed by atoms with van der Waals surface area (Å²) >= 11 is 0. The molecule has 1 saturated heterocycles. The monoisotopic (exact) mass is 503 g/mol. The molecule has 12 heteroatoms. The molecular weight excluding hydrogens is 473 g/mol. The Bertz CT molecular complexity index is 1150. The molecular formula is C23H30FN5O5Si. The van der Waals surface area contributed by atoms with Crippen LogP contribution < -0.4 is 4.90 Å². The number of rotatable bonds is 9. The maximum absolute atomic E-state index is 15.8. The van der Waals surface area contributed by atoms with E-state index < -0.39 is 36.5 Å². The number of hydrogen-bond donors (Lipinski definition) is 1. The van der Waals surface area contributed by atoms with Crippen LogP contribution in [-0.4, -0.2) is 58.6 Å². The van der Waals surface area contributed by atoms with Crippen molar-refractivity contribution < 1.29 is 23.7 Å². The lowest BCUT2D eigenvalue weighted by atomic mass is 9.82. The minimum atomic E-state index is -3.34. The Balaban J connectivity index is 1.74. The number of aliphatic hydroxyl groups excluding tert-OH is 1. The quantitative estimate of drug-likeness (QED) is 0.183. The van der Waals surface area contributed by atoms with Crippen molar-refractivity contribution in [1.29, 1.82) is 0 Å². The Hall–Kier alpha value is -2.96. The molecule has 4 rings (SSSR count). The topological polar surface area (TPSA) is 124 Å². The molecule has 0 aliphatic carbocycles. The molecule has 2 aliphatic heterocycles. The summed E-state index contributed by atoms with van der Waals surface area (Å²) in [6, 6.07) is 4.30. The smallest absolute Gasteiger partial charge is 0.269 e. The van der Waals surface area contributed by atoms with E-state index in [9.17, 15) is 14.9 Å². The molecule has 0 bridgehead atoms. The number of aliphatic hydroxyl groups is 1. The van der Waals surface area contributed by atoms with Crippen LogP contribution in [0.4, 0.5) is 15.5 Å². The van der Waals surface area contributed by atoms with Crippen LogP contribution in [0, 0.1) is 16.0 Å². The molecule has 10 nitrogen and oxygen atoms in total. The number of nitro benzene ring substituents is 1. The fourth-order valence-electron chi connectivity index (χ4n) is 5.67. The number of anilines is 1. The van der Waals surface area contributed by atoms with Crippen LogP contribution in [0.2, 0.25) is 18.6 Å². The van der Waals surface area contributed by atoms with Crippen molar-refractivity contribution >= 4 is 25.7 Å². The van der Waals surface area contributed by atoms with Gasteiger partial charge in [0.1, 0.15) is 0 Å². The highest BCUT2D eigenvalue weighted by atomic mass is 28.4. The van der Waals surface area contributed by atoms with E-state index in [4.69, 9.17) is 9.84 Å². The summed E-state index contributed by atoms with van der Waals surface area (Å²) in [7, 11) is -3.34. The zero-order valence-corrected chi connectivity index (χ0v) is 21.1. The molecule has 0 saturated carbocycles. The summed E-state index contributed by atoms with van der Waals surface area (Å²) in [5.74, 6) is -0.889. The summed E-state index contributed by atoms with van der Waals surface area (Å²) in [5, 5.41) is 28.7. The molecule has 1 amide bonds. The van der Waals surface area contributed by atoms with Crippen molar-refractivity contribution in [2.45, 2.75) is 56.7 Å². The number of aromatic nitrogens is 3. The second-order valence-electron chi connectivity index (χ2n) is 9.67. The predicted octanol–water partition coefficient (Wildman–Crippen LogP) is 3.12. The zero-order chi connectivity index (χ0) is 25.5. The Morgan fingerprint density at radius 2 is 2.17 bits per heavy atom. The highest BCUT2D eigenvalue weighted by Gasteiger charge is 2.66. The van der Waals surface area contributed by atoms with E-state index in [1.54, 1.807) is 36.1 Å². The van der Waals surface area contributed by atoms with Crippen molar-refractivity contribution in [1.82, 2.24) is 15.0 Å². The van der Waals surface area contributed by atoms with Gasteiger partial charge in [0.15, 0.2) is 5.60 Å². The van der Waals surface area contributed by atoms with Gasteiger partial charge in [0.25, 0.3) is 11.6 Å². The van der Waals surface area contributed by atoms with E-state index in [0.717, 1.165) is 0 Å². The fraction of sp³-hybridized carbons (Fsp3) is 0.522. The first kappa shape index (κ1) is 25.1. The first-order valence-corrected chi connectivity index (χ1v) is 14.6. The first-order chi connectivity index (χ1) is 16.5. The van der Waals surface area contributed by atoms with Crippen LogP contribution in [0.15, 0.2) is 37.1 Å². The number of benzene rings is 1. The average molecular weight is 504 g/mol. The van der Waals surface area contributed by atoms with E-state index in [-0.39, 0.29) is 24.7 Å². The van der Waals surface area contributed by atoms with Crippen molar-refractivity contribution in [3.8, 4) is 0 Å². The van der Waals surface area contributed by atoms with Crippen molar-refractivity contribution in [2.75, 3.05) is 18.1 Å². The van der Waals surface area contributed by atoms with Crippen molar-refractivity contribution in [3.63, 3.8) is 0 Å². The summed E-state index contributed by atoms with van der Waals surface area (Å²) in [5.41, 5.74) is -0.613. The van der Waals surface area contributed by atoms with Crippen LogP contribution in [0.5, 0.6) is 0 Å². The number of ether oxygens (including phenoxy) is 1. The normalized spacial score (nSPS) is 25.9. The number of nitrogens with zero attached hydrogens (tertiary/aromatic N) is 5. The first-order valence-electron chi connectivity index (χ1n) is 11.6. The number of hydrogen-bond acceptors (Lipinski definition) is 7. The van der Waals surface area contributed by atoms with E-state index in [1.165, 1.54) is 17.0 Å². The number of halogens is 1. The maximum Gasteiger partial charge on any atom is 0.269 e. The van der Waals surface area contributed by atoms with E-state index in [0.29, 0.717) is 36.3 Å². The summed E-state index contributed by atoms with van der Waals surface area (Å²) in [4.78, 5) is 26.4. The number of fused-ring (bicyclic) bond motifs is 2. The third-order valence-electron chi connectivity index (χ3n) is 7.06. The fourth-order valence-corrected chi connectivity index (χ4v) is 8.21. The van der Waals surface area contributed by atoms with Gasteiger partial charge < -0.3 is 18.9 Å². The maximum atomic E-state index is 15.8. The van der Waals surface area contributed by atoms with Gasteiger partial charge >= 0.3 is 0 Å². The number of carbonyl (C=O) groups excluding carboxylic acids is 1. The van der Waals surface area contributed by atoms with Gasteiger partial charge in [-0.15, -0.1) is 11.7 Å². The second-order valence-corrected chi connectivity index (χ2v) is 13.5. The highest BCUT2D eigenvalue weighted by Crippen LogP contribution is 2.60. The van der Waals surface area contributed by atoms with E-state index >= 15 is 4.11 Å². The molecule has 0 unspecified atom stereocenters. The average Bonchev–Trinajstić information content (AvgIpc) is 3.43. The molecule has 188 valence electrons. The number of non-ortho nitro benzene ring substituents is 1. The minimum Gasteiger partial charge on any atom is -0.396 e.